The van der Waals surface area contributed by atoms with E-state index in [-0.39, 0.29) is 6.61 Å². The van der Waals surface area contributed by atoms with Gasteiger partial charge in [-0.3, -0.25) is 0 Å². The molecule has 2 nitrogen and oxygen atoms in total. The number of methoxy groups -OCH3 is 1. The predicted octanol–water partition coefficient (Wildman–Crippen LogP) is 2.11. The predicted molar refractivity (Wildman–Crippen MR) is 55.8 cm³/mol. The van der Waals surface area contributed by atoms with Gasteiger partial charge in [-0.15, -0.1) is 0 Å². The molecule has 0 aliphatic heterocycles. The van der Waals surface area contributed by atoms with Gasteiger partial charge in [0.05, 0.1) is 7.11 Å². The maximum atomic E-state index is 9.23. The van der Waals surface area contributed by atoms with E-state index in [4.69, 9.17) is 4.74 Å². The van der Waals surface area contributed by atoms with Gasteiger partial charge in [-0.05, 0) is 42.5 Å². The monoisotopic (exact) mass is 192 g/mol. The van der Waals surface area contributed by atoms with E-state index in [0.717, 1.165) is 18.6 Å². The normalized spacial score (nSPS) is 20.3. The summed E-state index contributed by atoms with van der Waals surface area (Å²) in [7, 11) is 1.69. The van der Waals surface area contributed by atoms with Crippen molar-refractivity contribution in [1.82, 2.24) is 0 Å². The van der Waals surface area contributed by atoms with Gasteiger partial charge < -0.3 is 9.84 Å². The van der Waals surface area contributed by atoms with E-state index in [2.05, 4.69) is 12.1 Å². The van der Waals surface area contributed by atoms with E-state index >= 15 is 0 Å². The molecule has 0 saturated heterocycles. The number of rotatable bonds is 2. The number of aliphatic hydroxyl groups is 1. The van der Waals surface area contributed by atoms with Crippen LogP contribution < -0.4 is 4.74 Å². The molecule has 76 valence electrons. The van der Waals surface area contributed by atoms with Crippen molar-refractivity contribution in [3.63, 3.8) is 0 Å². The van der Waals surface area contributed by atoms with Gasteiger partial charge in [0.2, 0.25) is 0 Å². The average molecular weight is 192 g/mol. The van der Waals surface area contributed by atoms with Gasteiger partial charge >= 0.3 is 0 Å². The van der Waals surface area contributed by atoms with Crippen LogP contribution in [0.15, 0.2) is 18.2 Å². The molecule has 2 rings (SSSR count). The first-order valence-electron chi connectivity index (χ1n) is 5.13. The molecule has 1 N–H and O–H groups in total. The Morgan fingerprint density at radius 1 is 1.50 bits per heavy atom. The number of hydrogen-bond acceptors (Lipinski definition) is 2. The van der Waals surface area contributed by atoms with Crippen LogP contribution in [0.25, 0.3) is 0 Å². The van der Waals surface area contributed by atoms with Crippen LogP contribution in [0.5, 0.6) is 5.75 Å². The minimum atomic E-state index is 0.263. The lowest BCUT2D eigenvalue weighted by molar-refractivity contribution is 0.252. The number of hydrogen-bond donors (Lipinski definition) is 1. The third kappa shape index (κ3) is 1.62. The summed E-state index contributed by atoms with van der Waals surface area (Å²) < 4.78 is 5.19. The van der Waals surface area contributed by atoms with Crippen molar-refractivity contribution >= 4 is 0 Å². The van der Waals surface area contributed by atoms with Gasteiger partial charge in [0.15, 0.2) is 0 Å². The SMILES string of the molecule is COc1ccc2c(c1)CCC[C@H]2CO. The summed E-state index contributed by atoms with van der Waals surface area (Å²) in [5.74, 6) is 1.26. The Labute approximate surface area is 84.5 Å². The van der Waals surface area contributed by atoms with Gasteiger partial charge in [0.1, 0.15) is 5.75 Å². The van der Waals surface area contributed by atoms with Crippen LogP contribution in [-0.4, -0.2) is 18.8 Å². The Morgan fingerprint density at radius 3 is 3.07 bits per heavy atom. The highest BCUT2D eigenvalue weighted by Crippen LogP contribution is 2.33. The summed E-state index contributed by atoms with van der Waals surface area (Å²) in [6.45, 7) is 0.263. The Kier molecular flexibility index (Phi) is 2.73. The summed E-state index contributed by atoms with van der Waals surface area (Å²) in [6, 6.07) is 6.16. The molecular weight excluding hydrogens is 176 g/mol. The molecule has 1 aromatic rings. The maximum absolute atomic E-state index is 9.23. The molecule has 0 bridgehead atoms. The number of benzene rings is 1. The molecule has 0 fully saturated rings. The van der Waals surface area contributed by atoms with E-state index in [1.807, 2.05) is 6.07 Å². The van der Waals surface area contributed by atoms with Crippen LogP contribution in [-0.2, 0) is 6.42 Å². The minimum absolute atomic E-state index is 0.263. The molecule has 14 heavy (non-hydrogen) atoms. The summed E-state index contributed by atoms with van der Waals surface area (Å²) in [4.78, 5) is 0. The third-order valence-electron chi connectivity index (χ3n) is 3.01. The van der Waals surface area contributed by atoms with Crippen molar-refractivity contribution in [2.24, 2.45) is 0 Å². The molecule has 2 heteroatoms. The van der Waals surface area contributed by atoms with Crippen molar-refractivity contribution in [2.75, 3.05) is 13.7 Å². The highest BCUT2D eigenvalue weighted by atomic mass is 16.5. The number of fused-ring (bicyclic) bond motifs is 1. The van der Waals surface area contributed by atoms with Gasteiger partial charge in [-0.1, -0.05) is 6.07 Å². The van der Waals surface area contributed by atoms with Crippen LogP contribution in [0.3, 0.4) is 0 Å². The van der Waals surface area contributed by atoms with Crippen molar-refractivity contribution in [2.45, 2.75) is 25.2 Å². The average Bonchev–Trinajstić information content (AvgIpc) is 2.27. The highest BCUT2D eigenvalue weighted by molar-refractivity contribution is 5.39. The smallest absolute Gasteiger partial charge is 0.119 e. The van der Waals surface area contributed by atoms with Crippen LogP contribution in [0.4, 0.5) is 0 Å². The lowest BCUT2D eigenvalue weighted by atomic mass is 9.83. The topological polar surface area (TPSA) is 29.5 Å². The fourth-order valence-electron chi connectivity index (χ4n) is 2.21. The Balaban J connectivity index is 2.35. The molecule has 1 aliphatic carbocycles. The van der Waals surface area contributed by atoms with Crippen LogP contribution in [0, 0.1) is 0 Å². The third-order valence-corrected chi connectivity index (χ3v) is 3.01. The Hall–Kier alpha value is -1.02. The maximum Gasteiger partial charge on any atom is 0.119 e. The van der Waals surface area contributed by atoms with Gasteiger partial charge in [-0.2, -0.15) is 0 Å². The lowest BCUT2D eigenvalue weighted by Crippen LogP contribution is -2.12. The second-order valence-corrected chi connectivity index (χ2v) is 3.84. The quantitative estimate of drug-likeness (QED) is 0.777. The molecule has 0 aromatic heterocycles. The van der Waals surface area contributed by atoms with E-state index in [1.54, 1.807) is 7.11 Å². The molecule has 0 spiro atoms. The number of aliphatic hydroxyl groups excluding tert-OH is 1. The van der Waals surface area contributed by atoms with E-state index in [9.17, 15) is 5.11 Å². The molecule has 0 unspecified atom stereocenters. The molecule has 1 aliphatic rings. The fraction of sp³-hybridized carbons (Fsp3) is 0.500. The number of ether oxygens (including phenoxy) is 1. The standard InChI is InChI=1S/C12H16O2/c1-14-11-5-6-12-9(7-11)3-2-4-10(12)8-13/h5-7,10,13H,2-4,8H2,1H3/t10-/m0/s1. The van der Waals surface area contributed by atoms with Gasteiger partial charge in [0, 0.05) is 12.5 Å². The zero-order chi connectivity index (χ0) is 9.97. The van der Waals surface area contributed by atoms with E-state index < -0.39 is 0 Å². The first kappa shape index (κ1) is 9.53. The number of aryl methyl sites for hydroxylation is 1. The summed E-state index contributed by atoms with van der Waals surface area (Å²) in [5, 5.41) is 9.23. The second-order valence-electron chi connectivity index (χ2n) is 3.84. The Bertz CT molecular complexity index is 320. The molecule has 0 saturated carbocycles. The molecule has 1 atom stereocenters. The lowest BCUT2D eigenvalue weighted by Gasteiger charge is -2.24. The molecule has 1 aromatic carbocycles. The zero-order valence-corrected chi connectivity index (χ0v) is 8.49. The van der Waals surface area contributed by atoms with E-state index in [1.165, 1.54) is 17.5 Å². The summed E-state index contributed by atoms with van der Waals surface area (Å²) in [6.07, 6.45) is 3.39. The zero-order valence-electron chi connectivity index (χ0n) is 8.49. The first-order valence-corrected chi connectivity index (χ1v) is 5.13. The van der Waals surface area contributed by atoms with Crippen molar-refractivity contribution < 1.29 is 9.84 Å². The highest BCUT2D eigenvalue weighted by Gasteiger charge is 2.19. The van der Waals surface area contributed by atoms with Crippen LogP contribution in [0.2, 0.25) is 0 Å². The summed E-state index contributed by atoms with van der Waals surface area (Å²) in [5.41, 5.74) is 2.65. The fourth-order valence-corrected chi connectivity index (χ4v) is 2.21. The molecule has 0 heterocycles. The van der Waals surface area contributed by atoms with Crippen LogP contribution >= 0.6 is 0 Å². The largest absolute Gasteiger partial charge is 0.497 e. The van der Waals surface area contributed by atoms with Crippen molar-refractivity contribution in [3.8, 4) is 5.75 Å². The molecule has 0 amide bonds. The molecular formula is C12H16O2. The van der Waals surface area contributed by atoms with Gasteiger partial charge in [-0.25, -0.2) is 0 Å². The molecule has 0 radical (unpaired) electrons. The second kappa shape index (κ2) is 4.01. The summed E-state index contributed by atoms with van der Waals surface area (Å²) >= 11 is 0. The Morgan fingerprint density at radius 2 is 2.36 bits per heavy atom. The van der Waals surface area contributed by atoms with Gasteiger partial charge in [0.25, 0.3) is 0 Å². The van der Waals surface area contributed by atoms with Crippen molar-refractivity contribution in [1.29, 1.82) is 0 Å². The van der Waals surface area contributed by atoms with E-state index in [0.29, 0.717) is 5.92 Å². The first-order chi connectivity index (χ1) is 6.85. The van der Waals surface area contributed by atoms with Crippen molar-refractivity contribution in [3.05, 3.63) is 29.3 Å². The minimum Gasteiger partial charge on any atom is -0.497 e. The van der Waals surface area contributed by atoms with Crippen LogP contribution in [0.1, 0.15) is 29.9 Å².